The van der Waals surface area contributed by atoms with E-state index in [1.165, 1.54) is 12.4 Å². The van der Waals surface area contributed by atoms with Gasteiger partial charge in [-0.15, -0.1) is 11.3 Å². The molecular weight excluding hydrogens is 321 g/mol. The van der Waals surface area contributed by atoms with Gasteiger partial charge >= 0.3 is 0 Å². The van der Waals surface area contributed by atoms with E-state index in [1.807, 2.05) is 18.2 Å². The number of benzene rings is 2. The Bertz CT molecular complexity index is 1010. The second kappa shape index (κ2) is 6.02. The van der Waals surface area contributed by atoms with Gasteiger partial charge in [0.2, 0.25) is 0 Å². The number of thiophene rings is 1. The Labute approximate surface area is 142 Å². The van der Waals surface area contributed by atoms with Crippen molar-refractivity contribution in [3.63, 3.8) is 0 Å². The van der Waals surface area contributed by atoms with Gasteiger partial charge in [0.25, 0.3) is 0 Å². The van der Waals surface area contributed by atoms with E-state index in [4.69, 9.17) is 0 Å². The van der Waals surface area contributed by atoms with Gasteiger partial charge in [-0.25, -0.2) is 14.4 Å². The topological polar surface area (TPSA) is 37.8 Å². The van der Waals surface area contributed by atoms with E-state index in [9.17, 15) is 4.39 Å². The number of anilines is 2. The highest BCUT2D eigenvalue weighted by molar-refractivity contribution is 7.19. The van der Waals surface area contributed by atoms with E-state index < -0.39 is 0 Å². The molecule has 0 fully saturated rings. The number of aryl methyl sites for hydroxylation is 1. The molecule has 0 saturated carbocycles. The molecule has 0 aliphatic carbocycles. The molecule has 0 unspecified atom stereocenters. The van der Waals surface area contributed by atoms with Crippen LogP contribution in [0.15, 0.2) is 60.9 Å². The lowest BCUT2D eigenvalue weighted by Gasteiger charge is -2.09. The van der Waals surface area contributed by atoms with Crippen LogP contribution in [-0.4, -0.2) is 9.97 Å². The fraction of sp³-hybridized carbons (Fsp3) is 0.0526. The minimum Gasteiger partial charge on any atom is -0.337 e. The Balaban J connectivity index is 1.92. The van der Waals surface area contributed by atoms with Crippen LogP contribution >= 0.6 is 11.3 Å². The summed E-state index contributed by atoms with van der Waals surface area (Å²) in [6.07, 6.45) is 1.51. The molecule has 4 rings (SSSR count). The lowest BCUT2D eigenvalue weighted by molar-refractivity contribution is 0.632. The van der Waals surface area contributed by atoms with Crippen LogP contribution in [0, 0.1) is 12.7 Å². The van der Waals surface area contributed by atoms with Gasteiger partial charge in [-0.3, -0.25) is 0 Å². The van der Waals surface area contributed by atoms with Crippen molar-refractivity contribution in [1.82, 2.24) is 9.97 Å². The van der Waals surface area contributed by atoms with Crippen LogP contribution in [0.3, 0.4) is 0 Å². The van der Waals surface area contributed by atoms with Gasteiger partial charge in [-0.1, -0.05) is 42.5 Å². The number of nitrogens with one attached hydrogen (secondary N) is 1. The van der Waals surface area contributed by atoms with Gasteiger partial charge in [0.15, 0.2) is 0 Å². The minimum absolute atomic E-state index is 0.308. The predicted molar refractivity (Wildman–Crippen MR) is 97.3 cm³/mol. The first-order chi connectivity index (χ1) is 11.7. The summed E-state index contributed by atoms with van der Waals surface area (Å²) in [6, 6.07) is 16.7. The summed E-state index contributed by atoms with van der Waals surface area (Å²) in [5.74, 6) is 0.311. The number of hydrogen-bond acceptors (Lipinski definition) is 4. The van der Waals surface area contributed by atoms with Crippen LogP contribution in [0.25, 0.3) is 21.3 Å². The van der Waals surface area contributed by atoms with E-state index in [-0.39, 0.29) is 5.82 Å². The van der Waals surface area contributed by atoms with Gasteiger partial charge in [0.05, 0.1) is 11.1 Å². The molecule has 0 atom stereocenters. The fourth-order valence-corrected chi connectivity index (χ4v) is 3.79. The lowest BCUT2D eigenvalue weighted by atomic mass is 10.0. The van der Waals surface area contributed by atoms with E-state index in [1.54, 1.807) is 29.5 Å². The third-order valence-electron chi connectivity index (χ3n) is 3.85. The molecule has 5 heteroatoms. The first-order valence-electron chi connectivity index (χ1n) is 7.55. The Morgan fingerprint density at radius 3 is 2.50 bits per heavy atom. The van der Waals surface area contributed by atoms with Crippen LogP contribution in [0.5, 0.6) is 0 Å². The standard InChI is InChI=1S/C19H14FN3S/c1-12-16(13-7-3-2-4-8-13)17-18(21-11-22-19(17)24-12)23-15-10-6-5-9-14(15)20/h2-11H,1H3,(H,21,22,23). The molecule has 0 saturated heterocycles. The van der Waals surface area contributed by atoms with Crippen molar-refractivity contribution < 1.29 is 4.39 Å². The van der Waals surface area contributed by atoms with Gasteiger partial charge in [-0.05, 0) is 24.6 Å². The van der Waals surface area contributed by atoms with Crippen LogP contribution in [0.1, 0.15) is 4.88 Å². The smallest absolute Gasteiger partial charge is 0.146 e. The summed E-state index contributed by atoms with van der Waals surface area (Å²) in [6.45, 7) is 2.07. The van der Waals surface area contributed by atoms with E-state index in [0.717, 1.165) is 26.2 Å². The zero-order valence-electron chi connectivity index (χ0n) is 13.0. The number of aromatic nitrogens is 2. The fourth-order valence-electron chi connectivity index (χ4n) is 2.78. The average Bonchev–Trinajstić information content (AvgIpc) is 2.94. The summed E-state index contributed by atoms with van der Waals surface area (Å²) in [4.78, 5) is 10.8. The highest BCUT2D eigenvalue weighted by atomic mass is 32.1. The molecule has 4 aromatic rings. The molecule has 0 aliphatic heterocycles. The number of nitrogens with zero attached hydrogens (tertiary/aromatic N) is 2. The summed E-state index contributed by atoms with van der Waals surface area (Å²) >= 11 is 1.62. The van der Waals surface area contributed by atoms with E-state index in [2.05, 4.69) is 34.3 Å². The van der Waals surface area contributed by atoms with Crippen LogP contribution in [-0.2, 0) is 0 Å². The van der Waals surface area contributed by atoms with E-state index >= 15 is 0 Å². The molecule has 24 heavy (non-hydrogen) atoms. The van der Waals surface area contributed by atoms with Crippen molar-refractivity contribution >= 4 is 33.1 Å². The normalized spacial score (nSPS) is 10.9. The van der Waals surface area contributed by atoms with Crippen molar-refractivity contribution in [2.45, 2.75) is 6.92 Å². The van der Waals surface area contributed by atoms with E-state index in [0.29, 0.717) is 11.5 Å². The molecule has 0 bridgehead atoms. The SMILES string of the molecule is Cc1sc2ncnc(Nc3ccccc3F)c2c1-c1ccccc1. The molecule has 2 aromatic carbocycles. The number of para-hydroxylation sites is 1. The highest BCUT2D eigenvalue weighted by Crippen LogP contribution is 2.40. The molecule has 0 aliphatic rings. The molecule has 2 aromatic heterocycles. The second-order valence-corrected chi connectivity index (χ2v) is 6.61. The third-order valence-corrected chi connectivity index (χ3v) is 4.87. The third kappa shape index (κ3) is 2.53. The van der Waals surface area contributed by atoms with Crippen LogP contribution in [0.2, 0.25) is 0 Å². The van der Waals surface area contributed by atoms with Crippen molar-refractivity contribution in [3.8, 4) is 11.1 Å². The number of rotatable bonds is 3. The summed E-state index contributed by atoms with van der Waals surface area (Å²) in [5, 5.41) is 4.04. The van der Waals surface area contributed by atoms with Crippen LogP contribution < -0.4 is 5.32 Å². The lowest BCUT2D eigenvalue weighted by Crippen LogP contribution is -1.97. The van der Waals surface area contributed by atoms with Crippen LogP contribution in [0.4, 0.5) is 15.9 Å². The van der Waals surface area contributed by atoms with Gasteiger partial charge in [0, 0.05) is 10.4 Å². The Kier molecular flexibility index (Phi) is 3.70. The molecule has 118 valence electrons. The molecule has 1 N–H and O–H groups in total. The highest BCUT2D eigenvalue weighted by Gasteiger charge is 2.17. The quantitative estimate of drug-likeness (QED) is 0.533. The maximum atomic E-state index is 14.0. The van der Waals surface area contributed by atoms with Gasteiger partial charge in [0.1, 0.15) is 22.8 Å². The number of fused-ring (bicyclic) bond motifs is 1. The summed E-state index contributed by atoms with van der Waals surface area (Å²) in [5.41, 5.74) is 2.60. The average molecular weight is 335 g/mol. The molecule has 0 spiro atoms. The Hall–Kier alpha value is -2.79. The van der Waals surface area contributed by atoms with Crippen molar-refractivity contribution in [3.05, 3.63) is 71.6 Å². The molecule has 0 radical (unpaired) electrons. The molecular formula is C19H14FN3S. The van der Waals surface area contributed by atoms with Gasteiger partial charge < -0.3 is 5.32 Å². The first kappa shape index (κ1) is 14.8. The summed E-state index contributed by atoms with van der Waals surface area (Å²) < 4.78 is 14.0. The monoisotopic (exact) mass is 335 g/mol. The Morgan fingerprint density at radius 1 is 0.958 bits per heavy atom. The largest absolute Gasteiger partial charge is 0.337 e. The maximum Gasteiger partial charge on any atom is 0.146 e. The van der Waals surface area contributed by atoms with Crippen molar-refractivity contribution in [2.75, 3.05) is 5.32 Å². The van der Waals surface area contributed by atoms with Crippen molar-refractivity contribution in [1.29, 1.82) is 0 Å². The molecule has 2 heterocycles. The minimum atomic E-state index is -0.308. The first-order valence-corrected chi connectivity index (χ1v) is 8.37. The second-order valence-electron chi connectivity index (χ2n) is 5.41. The van der Waals surface area contributed by atoms with Crippen molar-refractivity contribution in [2.24, 2.45) is 0 Å². The maximum absolute atomic E-state index is 14.0. The number of halogens is 1. The summed E-state index contributed by atoms with van der Waals surface area (Å²) in [7, 11) is 0. The number of hydrogen-bond donors (Lipinski definition) is 1. The zero-order valence-corrected chi connectivity index (χ0v) is 13.8. The molecule has 3 nitrogen and oxygen atoms in total. The predicted octanol–water partition coefficient (Wildman–Crippen LogP) is 5.55. The Morgan fingerprint density at radius 2 is 1.71 bits per heavy atom. The van der Waals surface area contributed by atoms with Gasteiger partial charge in [-0.2, -0.15) is 0 Å². The molecule has 0 amide bonds. The zero-order chi connectivity index (χ0) is 16.5.